The molecule has 1 heterocycles. The van der Waals surface area contributed by atoms with E-state index in [-0.39, 0.29) is 18.2 Å². The molecule has 0 fully saturated rings. The molecule has 0 aromatic carbocycles. The smallest absolute Gasteiger partial charge is 0.326 e. The Hall–Kier alpha value is -1.68. The van der Waals surface area contributed by atoms with E-state index in [9.17, 15) is 18.0 Å². The van der Waals surface area contributed by atoms with Crippen molar-refractivity contribution in [3.05, 3.63) is 16.6 Å². The van der Waals surface area contributed by atoms with Crippen LogP contribution in [-0.4, -0.2) is 48.6 Å². The van der Waals surface area contributed by atoms with Crippen molar-refractivity contribution in [3.63, 3.8) is 0 Å². The summed E-state index contributed by atoms with van der Waals surface area (Å²) in [6.45, 7) is 1.71. The molecule has 0 spiro atoms. The highest BCUT2D eigenvalue weighted by atomic mass is 32.2. The summed E-state index contributed by atoms with van der Waals surface area (Å²) < 4.78 is 22.1. The second-order valence-corrected chi connectivity index (χ2v) is 7.71. The summed E-state index contributed by atoms with van der Waals surface area (Å²) in [6.07, 6.45) is 2.42. The molecule has 2 amide bonds. The number of nitrogens with one attached hydrogen (secondary N) is 2. The quantitative estimate of drug-likeness (QED) is 0.662. The first-order chi connectivity index (χ1) is 9.69. The van der Waals surface area contributed by atoms with Gasteiger partial charge in [-0.2, -0.15) is 0 Å². The van der Waals surface area contributed by atoms with Crippen molar-refractivity contribution >= 4 is 33.2 Å². The molecule has 0 saturated carbocycles. The van der Waals surface area contributed by atoms with E-state index in [1.807, 2.05) is 0 Å². The van der Waals surface area contributed by atoms with Crippen LogP contribution in [0.5, 0.6) is 0 Å². The normalized spacial score (nSPS) is 14.2. The van der Waals surface area contributed by atoms with Crippen LogP contribution in [0.15, 0.2) is 11.6 Å². The van der Waals surface area contributed by atoms with Crippen LogP contribution in [0.1, 0.15) is 24.4 Å². The molecular formula is C11H17N3O5S2. The number of aliphatic carboxylic acids is 1. The number of hydrogen-bond donors (Lipinski definition) is 3. The number of amides is 2. The van der Waals surface area contributed by atoms with Gasteiger partial charge in [-0.1, -0.05) is 0 Å². The lowest BCUT2D eigenvalue weighted by Crippen LogP contribution is -2.47. The molecule has 10 heteroatoms. The zero-order valence-corrected chi connectivity index (χ0v) is 13.2. The summed E-state index contributed by atoms with van der Waals surface area (Å²) >= 11 is 1.36. The maximum absolute atomic E-state index is 11.7. The Labute approximate surface area is 126 Å². The zero-order chi connectivity index (χ0) is 16.0. The highest BCUT2D eigenvalue weighted by Crippen LogP contribution is 2.14. The molecule has 1 aromatic rings. The third-order valence-corrected chi connectivity index (χ3v) is 4.49. The van der Waals surface area contributed by atoms with Crippen molar-refractivity contribution in [2.24, 2.45) is 0 Å². The van der Waals surface area contributed by atoms with Gasteiger partial charge >= 0.3 is 12.0 Å². The van der Waals surface area contributed by atoms with Gasteiger partial charge in [0.1, 0.15) is 20.9 Å². The molecule has 2 unspecified atom stereocenters. The first kappa shape index (κ1) is 17.4. The number of carboxylic acid groups (broad SMARTS) is 1. The van der Waals surface area contributed by atoms with E-state index in [1.165, 1.54) is 11.3 Å². The molecule has 118 valence electrons. The summed E-state index contributed by atoms with van der Waals surface area (Å²) in [7, 11) is -3.29. The van der Waals surface area contributed by atoms with Crippen LogP contribution < -0.4 is 10.6 Å². The minimum Gasteiger partial charge on any atom is -0.480 e. The summed E-state index contributed by atoms with van der Waals surface area (Å²) in [4.78, 5) is 26.8. The predicted molar refractivity (Wildman–Crippen MR) is 77.9 cm³/mol. The largest absolute Gasteiger partial charge is 0.480 e. The lowest BCUT2D eigenvalue weighted by atomic mass is 10.2. The van der Waals surface area contributed by atoms with Crippen LogP contribution in [0, 0.1) is 0 Å². The topological polar surface area (TPSA) is 125 Å². The second kappa shape index (κ2) is 7.36. The number of aromatic nitrogens is 1. The van der Waals surface area contributed by atoms with E-state index >= 15 is 0 Å². The third-order valence-electron chi connectivity index (χ3n) is 2.55. The average Bonchev–Trinajstić information content (AvgIpc) is 2.86. The van der Waals surface area contributed by atoms with E-state index in [0.717, 1.165) is 6.26 Å². The SMILES string of the molecule is CC(NC(=O)NC(CCS(C)(=O)=O)C(=O)O)c1nccs1. The summed E-state index contributed by atoms with van der Waals surface area (Å²) in [5.74, 6) is -1.59. The Morgan fingerprint density at radius 2 is 2.10 bits per heavy atom. The van der Waals surface area contributed by atoms with Gasteiger partial charge in [0.25, 0.3) is 0 Å². The van der Waals surface area contributed by atoms with Crippen molar-refractivity contribution in [3.8, 4) is 0 Å². The van der Waals surface area contributed by atoms with Gasteiger partial charge in [0.15, 0.2) is 0 Å². The lowest BCUT2D eigenvalue weighted by molar-refractivity contribution is -0.139. The third kappa shape index (κ3) is 6.54. The van der Waals surface area contributed by atoms with Gasteiger partial charge in [-0.25, -0.2) is 23.0 Å². The maximum Gasteiger partial charge on any atom is 0.326 e. The van der Waals surface area contributed by atoms with Gasteiger partial charge in [0, 0.05) is 17.8 Å². The number of rotatable bonds is 7. The van der Waals surface area contributed by atoms with Crippen molar-refractivity contribution in [2.75, 3.05) is 12.0 Å². The van der Waals surface area contributed by atoms with Gasteiger partial charge in [-0.3, -0.25) is 0 Å². The van der Waals surface area contributed by atoms with Crippen LogP contribution in [0.25, 0.3) is 0 Å². The van der Waals surface area contributed by atoms with E-state index < -0.39 is 27.9 Å². The predicted octanol–water partition coefficient (Wildman–Crippen LogP) is 0.391. The number of sulfone groups is 1. The lowest BCUT2D eigenvalue weighted by Gasteiger charge is -2.17. The fourth-order valence-electron chi connectivity index (χ4n) is 1.50. The van der Waals surface area contributed by atoms with Gasteiger partial charge < -0.3 is 15.7 Å². The van der Waals surface area contributed by atoms with Gasteiger partial charge in [0.05, 0.1) is 11.8 Å². The molecule has 21 heavy (non-hydrogen) atoms. The molecule has 0 bridgehead atoms. The molecule has 1 aromatic heterocycles. The van der Waals surface area contributed by atoms with Crippen LogP contribution >= 0.6 is 11.3 Å². The molecule has 0 saturated heterocycles. The number of hydrogen-bond acceptors (Lipinski definition) is 6. The van der Waals surface area contributed by atoms with Crippen molar-refractivity contribution in [1.29, 1.82) is 0 Å². The first-order valence-electron chi connectivity index (χ1n) is 6.06. The van der Waals surface area contributed by atoms with Crippen LogP contribution in [0.2, 0.25) is 0 Å². The highest BCUT2D eigenvalue weighted by molar-refractivity contribution is 7.90. The Kier molecular flexibility index (Phi) is 6.09. The van der Waals surface area contributed by atoms with Crippen molar-refractivity contribution in [1.82, 2.24) is 15.6 Å². The molecule has 3 N–H and O–H groups in total. The fraction of sp³-hybridized carbons (Fsp3) is 0.545. The molecular weight excluding hydrogens is 318 g/mol. The number of urea groups is 1. The Morgan fingerprint density at radius 1 is 1.43 bits per heavy atom. The fourth-order valence-corrected chi connectivity index (χ4v) is 2.81. The number of carbonyl (C=O) groups excluding carboxylic acids is 1. The van der Waals surface area contributed by atoms with Gasteiger partial charge in [0.2, 0.25) is 0 Å². The van der Waals surface area contributed by atoms with Crippen LogP contribution in [-0.2, 0) is 14.6 Å². The van der Waals surface area contributed by atoms with Crippen LogP contribution in [0.4, 0.5) is 4.79 Å². The van der Waals surface area contributed by atoms with E-state index in [0.29, 0.717) is 5.01 Å². The molecule has 8 nitrogen and oxygen atoms in total. The first-order valence-corrected chi connectivity index (χ1v) is 9.00. The molecule has 1 rings (SSSR count). The number of carboxylic acids is 1. The molecule has 0 aliphatic rings. The van der Waals surface area contributed by atoms with E-state index in [4.69, 9.17) is 5.11 Å². The van der Waals surface area contributed by atoms with E-state index in [2.05, 4.69) is 15.6 Å². The van der Waals surface area contributed by atoms with Gasteiger partial charge in [-0.15, -0.1) is 11.3 Å². The molecule has 0 aliphatic carbocycles. The minimum absolute atomic E-state index is 0.187. The molecule has 0 aliphatic heterocycles. The van der Waals surface area contributed by atoms with Crippen molar-refractivity contribution < 1.29 is 23.1 Å². The number of carbonyl (C=O) groups is 2. The molecule has 0 radical (unpaired) electrons. The minimum atomic E-state index is -3.29. The van der Waals surface area contributed by atoms with Crippen LogP contribution in [0.3, 0.4) is 0 Å². The number of nitrogens with zero attached hydrogens (tertiary/aromatic N) is 1. The van der Waals surface area contributed by atoms with Crippen molar-refractivity contribution in [2.45, 2.75) is 25.4 Å². The molecule has 2 atom stereocenters. The second-order valence-electron chi connectivity index (χ2n) is 4.52. The zero-order valence-electron chi connectivity index (χ0n) is 11.6. The highest BCUT2D eigenvalue weighted by Gasteiger charge is 2.22. The standard InChI is InChI=1S/C11H17N3O5S2/c1-7(9-12-4-5-20-9)13-11(17)14-8(10(15)16)3-6-21(2,18)19/h4-5,7-8H,3,6H2,1-2H3,(H,15,16)(H2,13,14,17). The van der Waals surface area contributed by atoms with E-state index in [1.54, 1.807) is 18.5 Å². The Balaban J connectivity index is 2.54. The van der Waals surface area contributed by atoms with Gasteiger partial charge in [-0.05, 0) is 13.3 Å². The Bertz CT molecular complexity index is 585. The average molecular weight is 335 g/mol. The summed E-state index contributed by atoms with van der Waals surface area (Å²) in [6, 6.07) is -2.31. The summed E-state index contributed by atoms with van der Waals surface area (Å²) in [5.41, 5.74) is 0. The maximum atomic E-state index is 11.7. The monoisotopic (exact) mass is 335 g/mol. The summed E-state index contributed by atoms with van der Waals surface area (Å²) in [5, 5.41) is 16.2. The number of thiazole rings is 1. The Morgan fingerprint density at radius 3 is 2.57 bits per heavy atom.